The Kier molecular flexibility index (Phi) is 5.76. The predicted molar refractivity (Wildman–Crippen MR) is 93.7 cm³/mol. The van der Waals surface area contributed by atoms with Crippen molar-refractivity contribution in [3.05, 3.63) is 0 Å². The highest BCUT2D eigenvalue weighted by atomic mass is 16.2. The van der Waals surface area contributed by atoms with Crippen LogP contribution in [-0.2, 0) is 9.59 Å². The summed E-state index contributed by atoms with van der Waals surface area (Å²) in [6, 6.07) is 0.545. The molecule has 2 amide bonds. The molecule has 0 aromatic rings. The second-order valence-electron chi connectivity index (χ2n) is 7.70. The largest absolute Gasteiger partial charge is 0.343 e. The molecule has 3 aliphatic heterocycles. The average molecular weight is 336 g/mol. The average Bonchev–Trinajstić information content (AvgIpc) is 2.62. The van der Waals surface area contributed by atoms with E-state index in [1.807, 2.05) is 4.90 Å². The molecule has 24 heavy (non-hydrogen) atoms. The highest BCUT2D eigenvalue weighted by molar-refractivity contribution is 5.79. The molecule has 6 nitrogen and oxygen atoms in total. The molecule has 0 N–H and O–H groups in total. The van der Waals surface area contributed by atoms with Gasteiger partial charge in [-0.1, -0.05) is 0 Å². The van der Waals surface area contributed by atoms with E-state index in [1.54, 1.807) is 6.92 Å². The van der Waals surface area contributed by atoms with Crippen molar-refractivity contribution in [2.24, 2.45) is 5.92 Å². The zero-order valence-electron chi connectivity index (χ0n) is 15.2. The third-order valence-corrected chi connectivity index (χ3v) is 6.04. The maximum Gasteiger partial charge on any atom is 0.227 e. The number of carbonyl (C=O) groups excluding carboxylic acids is 2. The van der Waals surface area contributed by atoms with Crippen LogP contribution < -0.4 is 0 Å². The molecule has 3 fully saturated rings. The van der Waals surface area contributed by atoms with E-state index in [0.29, 0.717) is 11.9 Å². The Morgan fingerprint density at radius 1 is 0.833 bits per heavy atom. The normalized spacial score (nSPS) is 28.2. The van der Waals surface area contributed by atoms with Gasteiger partial charge in [0.25, 0.3) is 0 Å². The van der Waals surface area contributed by atoms with Crippen LogP contribution in [0.4, 0.5) is 0 Å². The topological polar surface area (TPSA) is 47.1 Å². The third kappa shape index (κ3) is 4.09. The van der Waals surface area contributed by atoms with Gasteiger partial charge in [-0.15, -0.1) is 0 Å². The summed E-state index contributed by atoms with van der Waals surface area (Å²) < 4.78 is 0. The first-order chi connectivity index (χ1) is 11.5. The number of amides is 2. The molecule has 6 heteroatoms. The van der Waals surface area contributed by atoms with Gasteiger partial charge in [-0.25, -0.2) is 0 Å². The fraction of sp³-hybridized carbons (Fsp3) is 0.889. The lowest BCUT2D eigenvalue weighted by molar-refractivity contribution is -0.139. The minimum absolute atomic E-state index is 0.174. The smallest absolute Gasteiger partial charge is 0.227 e. The first kappa shape index (κ1) is 17.7. The predicted octanol–water partition coefficient (Wildman–Crippen LogP) is 0.483. The number of likely N-dealkylation sites (tertiary alicyclic amines) is 2. The Labute approximate surface area is 145 Å². The van der Waals surface area contributed by atoms with Crippen LogP contribution in [0.2, 0.25) is 0 Å². The SMILES string of the molecule is CC(=O)N1CCC(N2CCCC(C(=O)N3CCN(C)CC3)C2)CC1. The molecular weight excluding hydrogens is 304 g/mol. The van der Waals surface area contributed by atoms with E-state index in [2.05, 4.69) is 21.7 Å². The van der Waals surface area contributed by atoms with Gasteiger partial charge in [0.2, 0.25) is 11.8 Å². The van der Waals surface area contributed by atoms with E-state index < -0.39 is 0 Å². The van der Waals surface area contributed by atoms with Crippen LogP contribution in [-0.4, -0.2) is 96.9 Å². The van der Waals surface area contributed by atoms with Gasteiger partial charge >= 0.3 is 0 Å². The Bertz CT molecular complexity index is 454. The van der Waals surface area contributed by atoms with E-state index in [4.69, 9.17) is 0 Å². The van der Waals surface area contributed by atoms with Gasteiger partial charge in [-0.05, 0) is 39.3 Å². The standard InChI is InChI=1S/C18H32N4O2/c1-15(23)20-8-5-17(6-9-20)22-7-3-4-16(14-22)18(24)21-12-10-19(2)11-13-21/h16-17H,3-14H2,1-2H3. The third-order valence-electron chi connectivity index (χ3n) is 6.04. The van der Waals surface area contributed by atoms with Crippen LogP contribution in [0.3, 0.4) is 0 Å². The summed E-state index contributed by atoms with van der Waals surface area (Å²) in [6.45, 7) is 9.16. The first-order valence-corrected chi connectivity index (χ1v) is 9.51. The molecule has 0 aromatic heterocycles. The van der Waals surface area contributed by atoms with Crippen LogP contribution >= 0.6 is 0 Å². The molecule has 3 rings (SSSR count). The minimum Gasteiger partial charge on any atom is -0.343 e. The monoisotopic (exact) mass is 336 g/mol. The Hall–Kier alpha value is -1.14. The van der Waals surface area contributed by atoms with Gasteiger partial charge in [-0.3, -0.25) is 14.5 Å². The van der Waals surface area contributed by atoms with Crippen LogP contribution in [0.5, 0.6) is 0 Å². The second kappa shape index (κ2) is 7.83. The number of likely N-dealkylation sites (N-methyl/N-ethyl adjacent to an activating group) is 1. The number of hydrogen-bond donors (Lipinski definition) is 0. The first-order valence-electron chi connectivity index (χ1n) is 9.51. The molecule has 3 aliphatic rings. The van der Waals surface area contributed by atoms with Crippen LogP contribution in [0.25, 0.3) is 0 Å². The lowest BCUT2D eigenvalue weighted by Crippen LogP contribution is -2.54. The highest BCUT2D eigenvalue weighted by Gasteiger charge is 2.34. The van der Waals surface area contributed by atoms with E-state index in [1.165, 1.54) is 0 Å². The second-order valence-corrected chi connectivity index (χ2v) is 7.70. The molecule has 0 aromatic carbocycles. The maximum absolute atomic E-state index is 12.9. The number of hydrogen-bond acceptors (Lipinski definition) is 4. The van der Waals surface area contributed by atoms with Crippen molar-refractivity contribution in [2.45, 2.75) is 38.6 Å². The zero-order chi connectivity index (χ0) is 17.1. The van der Waals surface area contributed by atoms with Crippen molar-refractivity contribution in [3.63, 3.8) is 0 Å². The summed E-state index contributed by atoms with van der Waals surface area (Å²) in [4.78, 5) is 33.2. The molecule has 0 saturated carbocycles. The summed E-state index contributed by atoms with van der Waals surface area (Å²) in [5, 5.41) is 0. The molecule has 3 saturated heterocycles. The van der Waals surface area contributed by atoms with Gasteiger partial charge < -0.3 is 14.7 Å². The van der Waals surface area contributed by atoms with Gasteiger partial charge in [0.15, 0.2) is 0 Å². The molecule has 136 valence electrons. The Morgan fingerprint density at radius 2 is 1.50 bits per heavy atom. The fourth-order valence-electron chi connectivity index (χ4n) is 4.37. The maximum atomic E-state index is 12.9. The fourth-order valence-corrected chi connectivity index (χ4v) is 4.37. The van der Waals surface area contributed by atoms with Crippen LogP contribution in [0, 0.1) is 5.92 Å². The molecule has 0 spiro atoms. The molecule has 3 heterocycles. The zero-order valence-corrected chi connectivity index (χ0v) is 15.2. The number of piperidine rings is 2. The molecule has 0 radical (unpaired) electrons. The van der Waals surface area contributed by atoms with E-state index in [9.17, 15) is 9.59 Å². The number of rotatable bonds is 2. The lowest BCUT2D eigenvalue weighted by Gasteiger charge is -2.43. The molecule has 0 aliphatic carbocycles. The van der Waals surface area contributed by atoms with Crippen LogP contribution in [0.15, 0.2) is 0 Å². The summed E-state index contributed by atoms with van der Waals surface area (Å²) in [6.07, 6.45) is 4.26. The van der Waals surface area contributed by atoms with Gasteiger partial charge in [0.05, 0.1) is 5.92 Å². The Morgan fingerprint density at radius 3 is 2.12 bits per heavy atom. The van der Waals surface area contributed by atoms with Crippen molar-refractivity contribution in [1.29, 1.82) is 0 Å². The number of nitrogens with zero attached hydrogens (tertiary/aromatic N) is 4. The van der Waals surface area contributed by atoms with Gasteiger partial charge in [-0.2, -0.15) is 0 Å². The van der Waals surface area contributed by atoms with Crippen molar-refractivity contribution >= 4 is 11.8 Å². The summed E-state index contributed by atoms with van der Waals surface area (Å²) in [5.41, 5.74) is 0. The van der Waals surface area contributed by atoms with Crippen molar-refractivity contribution in [2.75, 3.05) is 59.4 Å². The van der Waals surface area contributed by atoms with E-state index >= 15 is 0 Å². The van der Waals surface area contributed by atoms with Crippen molar-refractivity contribution in [1.82, 2.24) is 19.6 Å². The summed E-state index contributed by atoms with van der Waals surface area (Å²) in [5.74, 6) is 0.733. The number of carbonyl (C=O) groups is 2. The minimum atomic E-state index is 0.174. The lowest BCUT2D eigenvalue weighted by atomic mass is 9.92. The molecule has 0 bridgehead atoms. The van der Waals surface area contributed by atoms with Gasteiger partial charge in [0, 0.05) is 58.8 Å². The molecule has 1 unspecified atom stereocenters. The summed E-state index contributed by atoms with van der Waals surface area (Å²) in [7, 11) is 2.12. The van der Waals surface area contributed by atoms with Gasteiger partial charge in [0.1, 0.15) is 0 Å². The molecule has 1 atom stereocenters. The van der Waals surface area contributed by atoms with Crippen molar-refractivity contribution in [3.8, 4) is 0 Å². The molecular formula is C18H32N4O2. The Balaban J connectivity index is 1.51. The quantitative estimate of drug-likeness (QED) is 0.736. The van der Waals surface area contributed by atoms with Crippen LogP contribution in [0.1, 0.15) is 32.6 Å². The van der Waals surface area contributed by atoms with Crippen molar-refractivity contribution < 1.29 is 9.59 Å². The summed E-state index contributed by atoms with van der Waals surface area (Å²) >= 11 is 0. The number of piperazine rings is 1. The van der Waals surface area contributed by atoms with E-state index in [-0.39, 0.29) is 11.8 Å². The van der Waals surface area contributed by atoms with E-state index in [0.717, 1.165) is 78.0 Å². The highest BCUT2D eigenvalue weighted by Crippen LogP contribution is 2.25.